The average molecular weight is 425 g/mol. The third-order valence-electron chi connectivity index (χ3n) is 4.11. The van der Waals surface area contributed by atoms with E-state index >= 15 is 0 Å². The Bertz CT molecular complexity index is 727. The Kier molecular flexibility index (Phi) is 6.06. The molecule has 0 radical (unpaired) electrons. The third-order valence-corrected chi connectivity index (χ3v) is 5.63. The predicted octanol–water partition coefficient (Wildman–Crippen LogP) is 4.36. The summed E-state index contributed by atoms with van der Waals surface area (Å²) < 4.78 is 11.8. The van der Waals surface area contributed by atoms with Crippen LogP contribution in [-0.4, -0.2) is 30.8 Å². The summed E-state index contributed by atoms with van der Waals surface area (Å²) in [5, 5.41) is 3.57. The molecule has 1 aromatic rings. The van der Waals surface area contributed by atoms with Gasteiger partial charge in [0.1, 0.15) is 0 Å². The first-order chi connectivity index (χ1) is 12.1. The first-order valence-electron chi connectivity index (χ1n) is 8.39. The Balaban J connectivity index is 1.82. The second-order valence-electron chi connectivity index (χ2n) is 5.90. The van der Waals surface area contributed by atoms with Gasteiger partial charge in [-0.25, -0.2) is 0 Å². The molecule has 3 rings (SSSR count). The summed E-state index contributed by atoms with van der Waals surface area (Å²) >= 11 is 4.91. The van der Waals surface area contributed by atoms with Crippen LogP contribution in [0.15, 0.2) is 26.5 Å². The SMILES string of the molecule is CCOc1c(Br)cc(C=C2SC(=NC3CCCC3)NC2=O)cc1OC. The van der Waals surface area contributed by atoms with Crippen LogP contribution in [0.1, 0.15) is 38.2 Å². The highest BCUT2D eigenvalue weighted by molar-refractivity contribution is 9.10. The maximum absolute atomic E-state index is 12.2. The number of amides is 1. The smallest absolute Gasteiger partial charge is 0.264 e. The number of nitrogens with one attached hydrogen (secondary N) is 1. The minimum atomic E-state index is -0.106. The number of rotatable bonds is 5. The Morgan fingerprint density at radius 3 is 2.84 bits per heavy atom. The fourth-order valence-corrected chi connectivity index (χ4v) is 4.41. The van der Waals surface area contributed by atoms with E-state index in [2.05, 4.69) is 26.2 Å². The molecule has 1 amide bonds. The molecule has 1 heterocycles. The van der Waals surface area contributed by atoms with Gasteiger partial charge in [0.15, 0.2) is 16.7 Å². The Labute approximate surface area is 160 Å². The Morgan fingerprint density at radius 2 is 2.16 bits per heavy atom. The molecule has 0 aromatic heterocycles. The molecule has 7 heteroatoms. The number of nitrogens with zero attached hydrogens (tertiary/aromatic N) is 1. The lowest BCUT2D eigenvalue weighted by atomic mass is 10.2. The van der Waals surface area contributed by atoms with Crippen LogP contribution >= 0.6 is 27.7 Å². The number of hydrogen-bond acceptors (Lipinski definition) is 5. The maximum atomic E-state index is 12.2. The van der Waals surface area contributed by atoms with Gasteiger partial charge < -0.3 is 14.8 Å². The lowest BCUT2D eigenvalue weighted by Gasteiger charge is -2.12. The van der Waals surface area contributed by atoms with E-state index in [1.807, 2.05) is 25.1 Å². The van der Waals surface area contributed by atoms with Gasteiger partial charge >= 0.3 is 0 Å². The van der Waals surface area contributed by atoms with Gasteiger partial charge in [-0.05, 0) is 71.2 Å². The first-order valence-corrected chi connectivity index (χ1v) is 10.0. The Morgan fingerprint density at radius 1 is 1.40 bits per heavy atom. The third kappa shape index (κ3) is 4.39. The van der Waals surface area contributed by atoms with E-state index in [-0.39, 0.29) is 5.91 Å². The number of amidine groups is 1. The highest BCUT2D eigenvalue weighted by atomic mass is 79.9. The number of ether oxygens (including phenoxy) is 2. The summed E-state index contributed by atoms with van der Waals surface area (Å²) in [7, 11) is 1.60. The topological polar surface area (TPSA) is 59.9 Å². The molecule has 5 nitrogen and oxygen atoms in total. The van der Waals surface area contributed by atoms with E-state index in [1.54, 1.807) is 7.11 Å². The van der Waals surface area contributed by atoms with E-state index in [4.69, 9.17) is 9.47 Å². The molecule has 1 aliphatic carbocycles. The maximum Gasteiger partial charge on any atom is 0.264 e. The molecule has 1 N–H and O–H groups in total. The fraction of sp³-hybridized carbons (Fsp3) is 0.444. The number of halogens is 1. The molecule has 1 saturated carbocycles. The summed E-state index contributed by atoms with van der Waals surface area (Å²) in [6.07, 6.45) is 6.52. The number of carbonyl (C=O) groups excluding carboxylic acids is 1. The molecular formula is C18H21BrN2O3S. The zero-order valence-electron chi connectivity index (χ0n) is 14.3. The number of carbonyl (C=O) groups is 1. The van der Waals surface area contributed by atoms with E-state index < -0.39 is 0 Å². The van der Waals surface area contributed by atoms with Crippen molar-refractivity contribution < 1.29 is 14.3 Å². The summed E-state index contributed by atoms with van der Waals surface area (Å²) in [4.78, 5) is 17.5. The highest BCUT2D eigenvalue weighted by Gasteiger charge is 2.26. The number of methoxy groups -OCH3 is 1. The van der Waals surface area contributed by atoms with Crippen molar-refractivity contribution in [3.63, 3.8) is 0 Å². The summed E-state index contributed by atoms with van der Waals surface area (Å²) in [5.41, 5.74) is 0.868. The van der Waals surface area contributed by atoms with Crippen molar-refractivity contribution in [2.75, 3.05) is 13.7 Å². The fourth-order valence-electron chi connectivity index (χ4n) is 2.95. The van der Waals surface area contributed by atoms with E-state index in [0.717, 1.165) is 22.9 Å². The Hall–Kier alpha value is -1.47. The van der Waals surface area contributed by atoms with Crippen LogP contribution in [0.5, 0.6) is 11.5 Å². The van der Waals surface area contributed by atoms with Crippen LogP contribution in [0.25, 0.3) is 6.08 Å². The zero-order valence-corrected chi connectivity index (χ0v) is 16.7. The second kappa shape index (κ2) is 8.27. The molecule has 2 fully saturated rings. The van der Waals surface area contributed by atoms with Crippen LogP contribution in [-0.2, 0) is 4.79 Å². The van der Waals surface area contributed by atoms with Crippen molar-refractivity contribution in [3.05, 3.63) is 27.1 Å². The van der Waals surface area contributed by atoms with Gasteiger partial charge in [-0.1, -0.05) is 12.8 Å². The summed E-state index contributed by atoms with van der Waals surface area (Å²) in [6.45, 7) is 2.47. The molecular weight excluding hydrogens is 404 g/mol. The number of hydrogen-bond donors (Lipinski definition) is 1. The van der Waals surface area contributed by atoms with Crippen LogP contribution in [0.2, 0.25) is 0 Å². The molecule has 134 valence electrons. The lowest BCUT2D eigenvalue weighted by Crippen LogP contribution is -2.21. The molecule has 2 aliphatic rings. The van der Waals surface area contributed by atoms with Gasteiger partial charge in [-0.2, -0.15) is 0 Å². The number of thioether (sulfide) groups is 1. The van der Waals surface area contributed by atoms with E-state index in [1.165, 1.54) is 24.6 Å². The van der Waals surface area contributed by atoms with Crippen LogP contribution in [0.4, 0.5) is 0 Å². The van der Waals surface area contributed by atoms with Crippen LogP contribution in [0, 0.1) is 0 Å². The first kappa shape index (κ1) is 18.3. The highest BCUT2D eigenvalue weighted by Crippen LogP contribution is 2.38. The molecule has 1 aliphatic heterocycles. The molecule has 1 saturated heterocycles. The van der Waals surface area contributed by atoms with Crippen molar-refractivity contribution >= 4 is 44.8 Å². The lowest BCUT2D eigenvalue weighted by molar-refractivity contribution is -0.115. The van der Waals surface area contributed by atoms with Gasteiger partial charge in [0, 0.05) is 0 Å². The second-order valence-corrected chi connectivity index (χ2v) is 7.79. The van der Waals surface area contributed by atoms with Gasteiger partial charge in [0.25, 0.3) is 5.91 Å². The standard InChI is InChI=1S/C18H21BrN2O3S/c1-3-24-16-13(19)8-11(9-14(16)23-2)10-15-17(22)21-18(25-15)20-12-6-4-5-7-12/h8-10,12H,3-7H2,1-2H3,(H,20,21,22). The minimum absolute atomic E-state index is 0.106. The van der Waals surface area contributed by atoms with Crippen LogP contribution in [0.3, 0.4) is 0 Å². The van der Waals surface area contributed by atoms with Crippen molar-refractivity contribution in [1.29, 1.82) is 0 Å². The monoisotopic (exact) mass is 424 g/mol. The molecule has 25 heavy (non-hydrogen) atoms. The molecule has 0 atom stereocenters. The normalized spacial score (nSPS) is 21.2. The van der Waals surface area contributed by atoms with E-state index in [0.29, 0.717) is 34.2 Å². The van der Waals surface area contributed by atoms with Gasteiger partial charge in [0.2, 0.25) is 0 Å². The van der Waals surface area contributed by atoms with Crippen molar-refractivity contribution in [1.82, 2.24) is 5.32 Å². The van der Waals surface area contributed by atoms with Crippen molar-refractivity contribution in [2.45, 2.75) is 38.6 Å². The molecule has 1 aromatic carbocycles. The van der Waals surface area contributed by atoms with Gasteiger partial charge in [-0.3, -0.25) is 9.79 Å². The van der Waals surface area contributed by atoms with Crippen molar-refractivity contribution in [2.24, 2.45) is 4.99 Å². The van der Waals surface area contributed by atoms with Crippen molar-refractivity contribution in [3.8, 4) is 11.5 Å². The van der Waals surface area contributed by atoms with Gasteiger partial charge in [0.05, 0.1) is 29.1 Å². The molecule has 0 unspecified atom stereocenters. The van der Waals surface area contributed by atoms with Gasteiger partial charge in [-0.15, -0.1) is 0 Å². The average Bonchev–Trinajstić information content (AvgIpc) is 3.20. The summed E-state index contributed by atoms with van der Waals surface area (Å²) in [6, 6.07) is 4.13. The number of aliphatic imine (C=N–C) groups is 1. The predicted molar refractivity (Wildman–Crippen MR) is 105 cm³/mol. The largest absolute Gasteiger partial charge is 0.493 e. The summed E-state index contributed by atoms with van der Waals surface area (Å²) in [5.74, 6) is 1.19. The van der Waals surface area contributed by atoms with Crippen LogP contribution < -0.4 is 14.8 Å². The zero-order chi connectivity index (χ0) is 17.8. The molecule has 0 bridgehead atoms. The quantitative estimate of drug-likeness (QED) is 0.713. The van der Waals surface area contributed by atoms with E-state index in [9.17, 15) is 4.79 Å². The molecule has 0 spiro atoms. The number of benzene rings is 1. The minimum Gasteiger partial charge on any atom is -0.493 e.